The van der Waals surface area contributed by atoms with Gasteiger partial charge < -0.3 is 10.5 Å². The van der Waals surface area contributed by atoms with Crippen LogP contribution in [0.2, 0.25) is 0 Å². The number of rotatable bonds is 3. The van der Waals surface area contributed by atoms with Crippen LogP contribution in [-0.4, -0.2) is 23.4 Å². The van der Waals surface area contributed by atoms with E-state index in [0.29, 0.717) is 12.1 Å². The van der Waals surface area contributed by atoms with Gasteiger partial charge in [0, 0.05) is 5.56 Å². The molecule has 112 valence electrons. The zero-order valence-electron chi connectivity index (χ0n) is 9.35. The van der Waals surface area contributed by atoms with Gasteiger partial charge in [0.2, 0.25) is 0 Å². The van der Waals surface area contributed by atoms with Gasteiger partial charge in [0.15, 0.2) is 11.6 Å². The Morgan fingerprint density at radius 3 is 1.95 bits per heavy atom. The van der Waals surface area contributed by atoms with Gasteiger partial charge in [0.05, 0.1) is 0 Å². The van der Waals surface area contributed by atoms with Crippen molar-refractivity contribution in [2.24, 2.45) is 5.73 Å². The average Bonchev–Trinajstić information content (AvgIpc) is 2.23. The minimum atomic E-state index is -5.73. The topological polar surface area (TPSA) is 35.2 Å². The van der Waals surface area contributed by atoms with Gasteiger partial charge in [-0.15, -0.1) is 0 Å². The van der Waals surface area contributed by atoms with Crippen LogP contribution in [0.15, 0.2) is 18.2 Å². The van der Waals surface area contributed by atoms with Crippen LogP contribution in [0.25, 0.3) is 0 Å². The fraction of sp³-hybridized carbons (Fsp3) is 0.300. The van der Waals surface area contributed by atoms with Crippen molar-refractivity contribution in [3.63, 3.8) is 0 Å². The Morgan fingerprint density at radius 1 is 1.10 bits per heavy atom. The zero-order chi connectivity index (χ0) is 15.7. The largest absolute Gasteiger partial charge is 0.468 e. The third-order valence-corrected chi connectivity index (χ3v) is 2.29. The molecular formula is C10H6F7NOS. The highest BCUT2D eigenvalue weighted by molar-refractivity contribution is 7.80. The molecule has 0 aliphatic carbocycles. The van der Waals surface area contributed by atoms with Crippen LogP contribution < -0.4 is 10.5 Å². The number of halogens is 7. The molecule has 0 atom stereocenters. The van der Waals surface area contributed by atoms with Crippen LogP contribution in [0.5, 0.6) is 5.75 Å². The molecule has 0 bridgehead atoms. The summed E-state index contributed by atoms with van der Waals surface area (Å²) < 4.78 is 90.5. The van der Waals surface area contributed by atoms with E-state index in [4.69, 9.17) is 5.73 Å². The van der Waals surface area contributed by atoms with Gasteiger partial charge in [-0.1, -0.05) is 12.2 Å². The number of hydrogen-bond acceptors (Lipinski definition) is 2. The van der Waals surface area contributed by atoms with Crippen molar-refractivity contribution in [1.82, 2.24) is 0 Å². The highest BCUT2D eigenvalue weighted by Crippen LogP contribution is 2.37. The number of hydrogen-bond donors (Lipinski definition) is 1. The first-order valence-electron chi connectivity index (χ1n) is 4.82. The fourth-order valence-corrected chi connectivity index (χ4v) is 1.32. The molecule has 2 nitrogen and oxygen atoms in total. The predicted molar refractivity (Wildman–Crippen MR) is 58.8 cm³/mol. The lowest BCUT2D eigenvalue weighted by Gasteiger charge is -2.24. The third-order valence-electron chi connectivity index (χ3n) is 2.06. The van der Waals surface area contributed by atoms with Crippen LogP contribution in [0, 0.1) is 5.82 Å². The molecular weight excluding hydrogens is 315 g/mol. The molecule has 1 rings (SSSR count). The maximum absolute atomic E-state index is 13.4. The number of thiocarbonyl (C=S) groups is 1. The first-order chi connectivity index (χ1) is 8.93. The lowest BCUT2D eigenvalue weighted by atomic mass is 10.2. The van der Waals surface area contributed by atoms with Crippen molar-refractivity contribution < 1.29 is 35.5 Å². The minimum absolute atomic E-state index is 0.0552. The monoisotopic (exact) mass is 321 g/mol. The lowest BCUT2D eigenvalue weighted by molar-refractivity contribution is -0.300. The molecule has 0 radical (unpaired) electrons. The highest BCUT2D eigenvalue weighted by Gasteiger charge is 2.59. The summed E-state index contributed by atoms with van der Waals surface area (Å²) in [5.74, 6) is -2.64. The maximum Gasteiger partial charge on any atom is 0.434 e. The van der Waals surface area contributed by atoms with Gasteiger partial charge in [-0.05, 0) is 18.2 Å². The molecule has 1 aromatic carbocycles. The number of ether oxygens (including phenoxy) is 1. The van der Waals surface area contributed by atoms with E-state index in [0.717, 1.165) is 6.07 Å². The van der Waals surface area contributed by atoms with E-state index in [-0.39, 0.29) is 10.6 Å². The first kappa shape index (κ1) is 16.5. The summed E-state index contributed by atoms with van der Waals surface area (Å²) in [5, 5.41) is 0. The summed E-state index contributed by atoms with van der Waals surface area (Å²) in [5.41, 5.74) is 5.08. The van der Waals surface area contributed by atoms with Crippen LogP contribution in [0.1, 0.15) is 5.56 Å². The summed E-state index contributed by atoms with van der Waals surface area (Å²) in [6.07, 6.45) is -15.6. The Morgan fingerprint density at radius 2 is 1.60 bits per heavy atom. The van der Waals surface area contributed by atoms with Gasteiger partial charge in [-0.2, -0.15) is 26.3 Å². The van der Waals surface area contributed by atoms with Crippen molar-refractivity contribution in [2.75, 3.05) is 0 Å². The molecule has 0 aliphatic heterocycles. The van der Waals surface area contributed by atoms with E-state index in [1.165, 1.54) is 0 Å². The second kappa shape index (κ2) is 5.43. The first-order valence-corrected chi connectivity index (χ1v) is 5.23. The van der Waals surface area contributed by atoms with E-state index < -0.39 is 30.0 Å². The van der Waals surface area contributed by atoms with Crippen molar-refractivity contribution >= 4 is 17.2 Å². The summed E-state index contributed by atoms with van der Waals surface area (Å²) in [7, 11) is 0. The van der Waals surface area contributed by atoms with Crippen LogP contribution in [-0.2, 0) is 0 Å². The Hall–Kier alpha value is -1.58. The van der Waals surface area contributed by atoms with Crippen LogP contribution in [0.4, 0.5) is 30.7 Å². The normalized spacial score (nSPS) is 12.6. The van der Waals surface area contributed by atoms with E-state index in [1.54, 1.807) is 0 Å². The smallest absolute Gasteiger partial charge is 0.434 e. The number of nitrogens with two attached hydrogens (primary N) is 1. The molecule has 0 unspecified atom stereocenters. The molecule has 0 heterocycles. The molecule has 2 N–H and O–H groups in total. The van der Waals surface area contributed by atoms with Gasteiger partial charge >= 0.3 is 12.4 Å². The van der Waals surface area contributed by atoms with Crippen LogP contribution in [0.3, 0.4) is 0 Å². The van der Waals surface area contributed by atoms with Crippen molar-refractivity contribution in [3.05, 3.63) is 29.6 Å². The Bertz CT molecular complexity index is 497. The predicted octanol–water partition coefficient (Wildman–Crippen LogP) is 3.33. The summed E-state index contributed by atoms with van der Waals surface area (Å²) in [6, 6.07) is 2.13. The second-order valence-electron chi connectivity index (χ2n) is 3.59. The number of benzene rings is 1. The second-order valence-corrected chi connectivity index (χ2v) is 4.03. The van der Waals surface area contributed by atoms with Gasteiger partial charge in [-0.25, -0.2) is 4.39 Å². The molecule has 10 heteroatoms. The summed E-state index contributed by atoms with van der Waals surface area (Å²) >= 11 is 4.48. The standard InChI is InChI=1S/C10H6F7NOS/c11-5-3-4(7(18)20)1-2-6(5)19-8(9(12,13)14)10(15,16)17/h1-3,8H,(H2,18,20). The average molecular weight is 321 g/mol. The van der Waals surface area contributed by atoms with Gasteiger partial charge in [-0.3, -0.25) is 0 Å². The van der Waals surface area contributed by atoms with Crippen molar-refractivity contribution in [3.8, 4) is 5.75 Å². The van der Waals surface area contributed by atoms with E-state index in [1.807, 2.05) is 0 Å². The molecule has 20 heavy (non-hydrogen) atoms. The molecule has 0 saturated heterocycles. The maximum atomic E-state index is 13.4. The molecule has 0 aromatic heterocycles. The SMILES string of the molecule is NC(=S)c1ccc(OC(C(F)(F)F)C(F)(F)F)c(F)c1. The van der Waals surface area contributed by atoms with Crippen LogP contribution >= 0.6 is 12.2 Å². The molecule has 0 amide bonds. The minimum Gasteiger partial charge on any atom is -0.468 e. The fourth-order valence-electron chi connectivity index (χ4n) is 1.20. The molecule has 0 aliphatic rings. The van der Waals surface area contributed by atoms with E-state index >= 15 is 0 Å². The summed E-state index contributed by atoms with van der Waals surface area (Å²) in [6.45, 7) is 0. The molecule has 1 aromatic rings. The molecule has 0 spiro atoms. The van der Waals surface area contributed by atoms with Gasteiger partial charge in [0.25, 0.3) is 6.10 Å². The zero-order valence-corrected chi connectivity index (χ0v) is 10.2. The van der Waals surface area contributed by atoms with E-state index in [2.05, 4.69) is 17.0 Å². The van der Waals surface area contributed by atoms with Crippen molar-refractivity contribution in [1.29, 1.82) is 0 Å². The molecule has 0 saturated carbocycles. The van der Waals surface area contributed by atoms with Crippen molar-refractivity contribution in [2.45, 2.75) is 18.5 Å². The quantitative estimate of drug-likeness (QED) is 0.685. The van der Waals surface area contributed by atoms with E-state index in [9.17, 15) is 30.7 Å². The Labute approximate surface area is 113 Å². The summed E-state index contributed by atoms with van der Waals surface area (Å²) in [4.78, 5) is -0.265. The third kappa shape index (κ3) is 3.95. The molecule has 0 fully saturated rings. The highest BCUT2D eigenvalue weighted by atomic mass is 32.1. The Balaban J connectivity index is 3.10. The lowest BCUT2D eigenvalue weighted by Crippen LogP contribution is -2.46. The van der Waals surface area contributed by atoms with Gasteiger partial charge in [0.1, 0.15) is 4.99 Å². The number of alkyl halides is 6. The Kier molecular flexibility index (Phi) is 4.47.